The highest BCUT2D eigenvalue weighted by Crippen LogP contribution is 2.32. The van der Waals surface area contributed by atoms with Crippen molar-refractivity contribution in [3.63, 3.8) is 0 Å². The second-order valence-corrected chi connectivity index (χ2v) is 3.63. The summed E-state index contributed by atoms with van der Waals surface area (Å²) in [5.41, 5.74) is 5.36. The molecule has 0 saturated carbocycles. The van der Waals surface area contributed by atoms with Crippen LogP contribution in [0.5, 0.6) is 0 Å². The first-order valence-corrected chi connectivity index (χ1v) is 5.17. The number of nitrogen functional groups attached to an aromatic ring is 1. The van der Waals surface area contributed by atoms with Crippen molar-refractivity contribution in [1.82, 2.24) is 0 Å². The summed E-state index contributed by atoms with van der Waals surface area (Å²) >= 11 is 3.04. The van der Waals surface area contributed by atoms with E-state index in [1.807, 2.05) is 0 Å². The van der Waals surface area contributed by atoms with Gasteiger partial charge in [-0.2, -0.15) is 0 Å². The second kappa shape index (κ2) is 4.93. The molecule has 0 aliphatic rings. The van der Waals surface area contributed by atoms with E-state index in [9.17, 15) is 14.9 Å². The van der Waals surface area contributed by atoms with Gasteiger partial charge in [0.15, 0.2) is 0 Å². The van der Waals surface area contributed by atoms with Crippen LogP contribution in [0.4, 0.5) is 11.4 Å². The lowest BCUT2D eigenvalue weighted by Crippen LogP contribution is -2.08. The highest BCUT2D eigenvalue weighted by atomic mass is 79.9. The standard InChI is InChI=1S/C9H9BrN2O4/c1-2-16-9(13)5-3-4-6(12(14)15)8(11)7(5)10/h3-4H,2,11H2,1H3. The molecule has 0 spiro atoms. The Hall–Kier alpha value is -1.63. The molecule has 1 aromatic rings. The van der Waals surface area contributed by atoms with Crippen molar-refractivity contribution in [3.8, 4) is 0 Å². The first-order valence-electron chi connectivity index (χ1n) is 4.38. The minimum absolute atomic E-state index is 0.0875. The van der Waals surface area contributed by atoms with Crippen LogP contribution in [0.2, 0.25) is 0 Å². The van der Waals surface area contributed by atoms with Crippen LogP contribution in [0, 0.1) is 10.1 Å². The van der Waals surface area contributed by atoms with Crippen molar-refractivity contribution < 1.29 is 14.5 Å². The van der Waals surface area contributed by atoms with E-state index in [-0.39, 0.29) is 28.0 Å². The number of hydrogen-bond donors (Lipinski definition) is 1. The zero-order valence-electron chi connectivity index (χ0n) is 8.40. The van der Waals surface area contributed by atoms with Crippen LogP contribution in [0.15, 0.2) is 16.6 Å². The van der Waals surface area contributed by atoms with Crippen LogP contribution < -0.4 is 5.73 Å². The van der Waals surface area contributed by atoms with Crippen LogP contribution in [0.3, 0.4) is 0 Å². The molecule has 16 heavy (non-hydrogen) atoms. The first kappa shape index (κ1) is 12.4. The Morgan fingerprint density at radius 2 is 2.25 bits per heavy atom. The van der Waals surface area contributed by atoms with Gasteiger partial charge < -0.3 is 10.5 Å². The minimum Gasteiger partial charge on any atom is -0.462 e. The smallest absolute Gasteiger partial charge is 0.339 e. The molecule has 0 aliphatic heterocycles. The number of anilines is 1. The SMILES string of the molecule is CCOC(=O)c1ccc([N+](=O)[O-])c(N)c1Br. The number of nitro groups is 1. The van der Waals surface area contributed by atoms with Crippen molar-refractivity contribution in [2.45, 2.75) is 6.92 Å². The lowest BCUT2D eigenvalue weighted by atomic mass is 10.2. The first-order chi connectivity index (χ1) is 7.49. The second-order valence-electron chi connectivity index (χ2n) is 2.84. The summed E-state index contributed by atoms with van der Waals surface area (Å²) in [5, 5.41) is 10.6. The normalized spacial score (nSPS) is 9.88. The topological polar surface area (TPSA) is 95.5 Å². The fourth-order valence-corrected chi connectivity index (χ4v) is 1.61. The van der Waals surface area contributed by atoms with E-state index < -0.39 is 10.9 Å². The Labute approximate surface area is 99.7 Å². The zero-order chi connectivity index (χ0) is 12.3. The van der Waals surface area contributed by atoms with Crippen LogP contribution >= 0.6 is 15.9 Å². The van der Waals surface area contributed by atoms with Gasteiger partial charge in [-0.25, -0.2) is 4.79 Å². The van der Waals surface area contributed by atoms with Gasteiger partial charge in [-0.15, -0.1) is 0 Å². The Balaban J connectivity index is 3.21. The number of nitrogens with two attached hydrogens (primary N) is 1. The molecule has 0 unspecified atom stereocenters. The van der Waals surface area contributed by atoms with Crippen LogP contribution in [-0.2, 0) is 4.74 Å². The average Bonchev–Trinajstić information content (AvgIpc) is 2.21. The molecule has 0 aromatic heterocycles. The van der Waals surface area contributed by atoms with E-state index in [1.54, 1.807) is 6.92 Å². The summed E-state index contributed by atoms with van der Waals surface area (Å²) < 4.78 is 4.95. The molecule has 0 aliphatic carbocycles. The molecular formula is C9H9BrN2O4. The van der Waals surface area contributed by atoms with Crippen molar-refractivity contribution >= 4 is 33.3 Å². The fraction of sp³-hybridized carbons (Fsp3) is 0.222. The average molecular weight is 289 g/mol. The highest BCUT2D eigenvalue weighted by molar-refractivity contribution is 9.10. The van der Waals surface area contributed by atoms with Crippen molar-refractivity contribution in [2.24, 2.45) is 0 Å². The molecular weight excluding hydrogens is 280 g/mol. The quantitative estimate of drug-likeness (QED) is 0.398. The zero-order valence-corrected chi connectivity index (χ0v) is 9.98. The summed E-state index contributed by atoms with van der Waals surface area (Å²) in [6.45, 7) is 1.89. The Morgan fingerprint density at radius 3 is 2.75 bits per heavy atom. The number of esters is 1. The Morgan fingerprint density at radius 1 is 1.62 bits per heavy atom. The van der Waals surface area contributed by atoms with E-state index in [1.165, 1.54) is 12.1 Å². The number of halogens is 1. The van der Waals surface area contributed by atoms with Crippen molar-refractivity contribution in [1.29, 1.82) is 0 Å². The summed E-state index contributed by atoms with van der Waals surface area (Å²) in [5.74, 6) is -0.573. The van der Waals surface area contributed by atoms with E-state index in [0.717, 1.165) is 0 Å². The summed E-state index contributed by atoms with van der Waals surface area (Å²) in [6.07, 6.45) is 0. The third-order valence-corrected chi connectivity index (χ3v) is 2.70. The number of carbonyl (C=O) groups is 1. The van der Waals surface area contributed by atoms with Crippen LogP contribution in [-0.4, -0.2) is 17.5 Å². The van der Waals surface area contributed by atoms with Gasteiger partial charge in [0.2, 0.25) is 0 Å². The molecule has 0 amide bonds. The molecule has 0 fully saturated rings. The molecule has 1 aromatic carbocycles. The molecule has 0 saturated heterocycles. The van der Waals surface area contributed by atoms with Gasteiger partial charge >= 0.3 is 5.97 Å². The van der Waals surface area contributed by atoms with Crippen molar-refractivity contribution in [3.05, 3.63) is 32.3 Å². The van der Waals surface area contributed by atoms with Crippen LogP contribution in [0.1, 0.15) is 17.3 Å². The third-order valence-electron chi connectivity index (χ3n) is 1.85. The fourth-order valence-electron chi connectivity index (χ4n) is 1.11. The van der Waals surface area contributed by atoms with Crippen LogP contribution in [0.25, 0.3) is 0 Å². The number of nitro benzene ring substituents is 1. The summed E-state index contributed by atoms with van der Waals surface area (Å²) in [4.78, 5) is 21.4. The van der Waals surface area contributed by atoms with Gasteiger partial charge in [0.25, 0.3) is 5.69 Å². The molecule has 0 radical (unpaired) electrons. The molecule has 86 valence electrons. The summed E-state index contributed by atoms with van der Waals surface area (Å²) in [7, 11) is 0. The predicted molar refractivity (Wildman–Crippen MR) is 61.2 cm³/mol. The summed E-state index contributed by atoms with van der Waals surface area (Å²) in [6, 6.07) is 2.48. The van der Waals surface area contributed by atoms with E-state index >= 15 is 0 Å². The van der Waals surface area contributed by atoms with Crippen molar-refractivity contribution in [2.75, 3.05) is 12.3 Å². The maximum Gasteiger partial charge on any atom is 0.339 e. The maximum absolute atomic E-state index is 11.4. The van der Waals surface area contributed by atoms with Gasteiger partial charge in [-0.1, -0.05) is 0 Å². The largest absolute Gasteiger partial charge is 0.462 e. The van der Waals surface area contributed by atoms with Gasteiger partial charge in [-0.3, -0.25) is 10.1 Å². The minimum atomic E-state index is -0.616. The molecule has 6 nitrogen and oxygen atoms in total. The van der Waals surface area contributed by atoms with Gasteiger partial charge in [0, 0.05) is 6.07 Å². The lowest BCUT2D eigenvalue weighted by Gasteiger charge is -2.06. The molecule has 1 rings (SSSR count). The number of rotatable bonds is 3. The Kier molecular flexibility index (Phi) is 3.83. The number of nitrogens with zero attached hydrogens (tertiary/aromatic N) is 1. The molecule has 0 heterocycles. The molecule has 0 bridgehead atoms. The van der Waals surface area contributed by atoms with Gasteiger partial charge in [0.1, 0.15) is 5.69 Å². The van der Waals surface area contributed by atoms with E-state index in [2.05, 4.69) is 15.9 Å². The monoisotopic (exact) mass is 288 g/mol. The van der Waals surface area contributed by atoms with Gasteiger partial charge in [-0.05, 0) is 28.9 Å². The van der Waals surface area contributed by atoms with E-state index in [4.69, 9.17) is 10.5 Å². The number of benzene rings is 1. The maximum atomic E-state index is 11.4. The number of carbonyl (C=O) groups excluding carboxylic acids is 1. The number of ether oxygens (including phenoxy) is 1. The molecule has 7 heteroatoms. The predicted octanol–water partition coefficient (Wildman–Crippen LogP) is 2.12. The lowest BCUT2D eigenvalue weighted by molar-refractivity contribution is -0.384. The third kappa shape index (κ3) is 2.30. The molecule has 2 N–H and O–H groups in total. The highest BCUT2D eigenvalue weighted by Gasteiger charge is 2.20. The Bertz CT molecular complexity index is 447. The van der Waals surface area contributed by atoms with E-state index in [0.29, 0.717) is 0 Å². The number of hydrogen-bond acceptors (Lipinski definition) is 5. The molecule has 0 atom stereocenters. The van der Waals surface area contributed by atoms with Gasteiger partial charge in [0.05, 0.1) is 21.6 Å².